The molecule has 0 radical (unpaired) electrons. The number of alkyl halides is 1. The lowest BCUT2D eigenvalue weighted by Gasteiger charge is -2.09. The van der Waals surface area contributed by atoms with Gasteiger partial charge in [-0.1, -0.05) is 0 Å². The van der Waals surface area contributed by atoms with Crippen LogP contribution in [0.2, 0.25) is 0 Å². The summed E-state index contributed by atoms with van der Waals surface area (Å²) in [7, 11) is 0. The van der Waals surface area contributed by atoms with Crippen LogP contribution in [-0.2, 0) is 10.6 Å². The predicted molar refractivity (Wildman–Crippen MR) is 58.3 cm³/mol. The number of nitriles is 1. The molecule has 0 heterocycles. The van der Waals surface area contributed by atoms with Gasteiger partial charge in [0.15, 0.2) is 0 Å². The number of phenols is 1. The highest BCUT2D eigenvalue weighted by Crippen LogP contribution is 2.27. The van der Waals surface area contributed by atoms with E-state index in [-0.39, 0.29) is 34.9 Å². The summed E-state index contributed by atoms with van der Waals surface area (Å²) in [6, 6.07) is 4.59. The van der Waals surface area contributed by atoms with Crippen molar-refractivity contribution in [1.82, 2.24) is 0 Å². The minimum Gasteiger partial charge on any atom is -0.506 e. The van der Waals surface area contributed by atoms with Crippen LogP contribution in [0.25, 0.3) is 0 Å². The molecule has 0 saturated carbocycles. The molecule has 0 aliphatic carbocycles. The topological polar surface area (TPSA) is 70.3 Å². The molecule has 4 nitrogen and oxygen atoms in total. The van der Waals surface area contributed by atoms with Gasteiger partial charge >= 0.3 is 5.97 Å². The van der Waals surface area contributed by atoms with Crippen LogP contribution in [0.4, 0.5) is 0 Å². The van der Waals surface area contributed by atoms with Crippen molar-refractivity contribution in [2.45, 2.75) is 12.8 Å². The molecule has 0 unspecified atom stereocenters. The number of carbonyl (C=O) groups excluding carboxylic acids is 1. The maximum atomic E-state index is 11.5. The summed E-state index contributed by atoms with van der Waals surface area (Å²) >= 11 is 5.63. The van der Waals surface area contributed by atoms with Gasteiger partial charge in [0, 0.05) is 5.56 Å². The second-order valence-electron chi connectivity index (χ2n) is 2.95. The monoisotopic (exact) mass is 239 g/mol. The quantitative estimate of drug-likeness (QED) is 0.648. The molecule has 0 atom stereocenters. The molecule has 16 heavy (non-hydrogen) atoms. The molecule has 0 bridgehead atoms. The zero-order valence-corrected chi connectivity index (χ0v) is 9.41. The number of aromatic hydroxyl groups is 1. The molecule has 0 fully saturated rings. The van der Waals surface area contributed by atoms with Crippen LogP contribution in [0.1, 0.15) is 28.4 Å². The van der Waals surface area contributed by atoms with Crippen molar-refractivity contribution in [3.63, 3.8) is 0 Å². The lowest BCUT2D eigenvalue weighted by Crippen LogP contribution is -2.08. The number of nitrogens with zero attached hydrogens (tertiary/aromatic N) is 1. The van der Waals surface area contributed by atoms with Gasteiger partial charge in [0.2, 0.25) is 0 Å². The van der Waals surface area contributed by atoms with Crippen molar-refractivity contribution in [1.29, 1.82) is 5.26 Å². The van der Waals surface area contributed by atoms with E-state index >= 15 is 0 Å². The number of ether oxygens (including phenoxy) is 1. The Kier molecular flexibility index (Phi) is 4.15. The highest BCUT2D eigenvalue weighted by Gasteiger charge is 2.17. The van der Waals surface area contributed by atoms with Gasteiger partial charge in [-0.2, -0.15) is 5.26 Å². The highest BCUT2D eigenvalue weighted by atomic mass is 35.5. The first-order valence-electron chi connectivity index (χ1n) is 4.63. The van der Waals surface area contributed by atoms with Crippen molar-refractivity contribution in [2.24, 2.45) is 0 Å². The first-order chi connectivity index (χ1) is 7.65. The summed E-state index contributed by atoms with van der Waals surface area (Å²) in [5, 5.41) is 18.4. The molecule has 0 saturated heterocycles. The fraction of sp³-hybridized carbons (Fsp3) is 0.273. The maximum absolute atomic E-state index is 11.5. The van der Waals surface area contributed by atoms with Gasteiger partial charge < -0.3 is 9.84 Å². The summed E-state index contributed by atoms with van der Waals surface area (Å²) in [6.45, 7) is 1.92. The van der Waals surface area contributed by atoms with Gasteiger partial charge in [-0.3, -0.25) is 0 Å². The fourth-order valence-corrected chi connectivity index (χ4v) is 1.53. The summed E-state index contributed by atoms with van der Waals surface area (Å²) in [5.74, 6) is -0.879. The van der Waals surface area contributed by atoms with E-state index in [9.17, 15) is 9.90 Å². The lowest BCUT2D eigenvalue weighted by molar-refractivity contribution is 0.0525. The van der Waals surface area contributed by atoms with Gasteiger partial charge in [-0.25, -0.2) is 4.79 Å². The molecule has 84 valence electrons. The number of phenolic OH excluding ortho intramolecular Hbond substituents is 1. The maximum Gasteiger partial charge on any atom is 0.338 e. The van der Waals surface area contributed by atoms with E-state index in [1.165, 1.54) is 12.1 Å². The van der Waals surface area contributed by atoms with Crippen molar-refractivity contribution in [3.05, 3.63) is 28.8 Å². The smallest absolute Gasteiger partial charge is 0.338 e. The Balaban J connectivity index is 3.27. The molecule has 1 aromatic carbocycles. The molecule has 0 amide bonds. The third-order valence-corrected chi connectivity index (χ3v) is 2.30. The van der Waals surface area contributed by atoms with Gasteiger partial charge in [-0.05, 0) is 19.1 Å². The Morgan fingerprint density at radius 3 is 2.81 bits per heavy atom. The lowest BCUT2D eigenvalue weighted by atomic mass is 10.0. The van der Waals surface area contributed by atoms with E-state index in [0.29, 0.717) is 0 Å². The standard InChI is InChI=1S/C11H10ClNO3/c1-2-16-11(15)8-4-3-7(6-13)10(14)9(8)5-12/h3-4,14H,2,5H2,1H3. The summed E-state index contributed by atoms with van der Waals surface area (Å²) in [5.41, 5.74) is 0.496. The number of hydrogen-bond acceptors (Lipinski definition) is 4. The second-order valence-corrected chi connectivity index (χ2v) is 3.22. The van der Waals surface area contributed by atoms with Crippen molar-refractivity contribution in [3.8, 4) is 11.8 Å². The summed E-state index contributed by atoms with van der Waals surface area (Å²) in [4.78, 5) is 11.5. The van der Waals surface area contributed by atoms with Crippen molar-refractivity contribution in [2.75, 3.05) is 6.61 Å². The predicted octanol–water partition coefficient (Wildman–Crippen LogP) is 2.18. The van der Waals surface area contributed by atoms with Crippen LogP contribution in [0, 0.1) is 11.3 Å². The first-order valence-corrected chi connectivity index (χ1v) is 5.17. The Morgan fingerprint density at radius 1 is 1.62 bits per heavy atom. The fourth-order valence-electron chi connectivity index (χ4n) is 1.26. The number of hydrogen-bond donors (Lipinski definition) is 1. The van der Waals surface area contributed by atoms with Crippen LogP contribution in [0.15, 0.2) is 12.1 Å². The molecule has 0 aliphatic heterocycles. The molecule has 1 N–H and O–H groups in total. The molecule has 5 heteroatoms. The number of esters is 1. The number of halogens is 1. The molecular formula is C11H10ClNO3. The molecular weight excluding hydrogens is 230 g/mol. The Hall–Kier alpha value is -1.73. The first kappa shape index (κ1) is 12.3. The van der Waals surface area contributed by atoms with E-state index in [0.717, 1.165) is 0 Å². The second kappa shape index (κ2) is 5.38. The minimum atomic E-state index is -0.557. The van der Waals surface area contributed by atoms with Gasteiger partial charge in [-0.15, -0.1) is 11.6 Å². The zero-order valence-electron chi connectivity index (χ0n) is 8.66. The van der Waals surface area contributed by atoms with Crippen LogP contribution in [0.3, 0.4) is 0 Å². The third-order valence-electron chi connectivity index (χ3n) is 2.03. The molecule has 1 rings (SSSR count). The largest absolute Gasteiger partial charge is 0.506 e. The van der Waals surface area contributed by atoms with Crippen LogP contribution < -0.4 is 0 Å². The van der Waals surface area contributed by atoms with Gasteiger partial charge in [0.25, 0.3) is 0 Å². The number of rotatable bonds is 3. The van der Waals surface area contributed by atoms with E-state index in [4.69, 9.17) is 21.6 Å². The van der Waals surface area contributed by atoms with Crippen LogP contribution >= 0.6 is 11.6 Å². The SMILES string of the molecule is CCOC(=O)c1ccc(C#N)c(O)c1CCl. The number of carbonyl (C=O) groups is 1. The van der Waals surface area contributed by atoms with Gasteiger partial charge in [0.05, 0.1) is 23.6 Å². The van der Waals surface area contributed by atoms with Gasteiger partial charge in [0.1, 0.15) is 11.8 Å². The summed E-state index contributed by atoms with van der Waals surface area (Å²) in [6.07, 6.45) is 0. The Bertz CT molecular complexity index is 451. The van der Waals surface area contributed by atoms with Crippen molar-refractivity contribution < 1.29 is 14.6 Å². The van der Waals surface area contributed by atoms with Crippen LogP contribution in [-0.4, -0.2) is 17.7 Å². The molecule has 0 aromatic heterocycles. The average Bonchev–Trinajstić information content (AvgIpc) is 2.28. The molecule has 0 spiro atoms. The molecule has 0 aliphatic rings. The zero-order chi connectivity index (χ0) is 12.1. The van der Waals surface area contributed by atoms with E-state index in [2.05, 4.69) is 0 Å². The average molecular weight is 240 g/mol. The van der Waals surface area contributed by atoms with E-state index in [1.807, 2.05) is 6.07 Å². The Morgan fingerprint density at radius 2 is 2.31 bits per heavy atom. The Labute approximate surface area is 98.0 Å². The summed E-state index contributed by atoms with van der Waals surface area (Å²) < 4.78 is 4.81. The normalized spacial score (nSPS) is 9.56. The van der Waals surface area contributed by atoms with E-state index < -0.39 is 5.97 Å². The van der Waals surface area contributed by atoms with Crippen LogP contribution in [0.5, 0.6) is 5.75 Å². The van der Waals surface area contributed by atoms with E-state index in [1.54, 1.807) is 6.92 Å². The third kappa shape index (κ3) is 2.26. The molecule has 1 aromatic rings. The number of benzene rings is 1. The highest BCUT2D eigenvalue weighted by molar-refractivity contribution is 6.18. The van der Waals surface area contributed by atoms with Crippen molar-refractivity contribution >= 4 is 17.6 Å². The minimum absolute atomic E-state index is 0.0600.